The Morgan fingerprint density at radius 3 is 2.38 bits per heavy atom. The number of nitrogens with one attached hydrogen (secondary N) is 2. The quantitative estimate of drug-likeness (QED) is 0.477. The Morgan fingerprint density at radius 1 is 1.00 bits per heavy atom. The van der Waals surface area contributed by atoms with Gasteiger partial charge in [-0.05, 0) is 0 Å². The molecule has 2 aliphatic rings. The van der Waals surface area contributed by atoms with Crippen LogP contribution in [0.15, 0.2) is 75.7 Å². The molecule has 0 spiro atoms. The monoisotopic (exact) mass is 493 g/mol. The normalized spacial score (nSPS) is 20.0. The van der Waals surface area contributed by atoms with E-state index in [-0.39, 0.29) is 5.70 Å². The second kappa shape index (κ2) is 7.33. The number of rotatable bonds is 5. The van der Waals surface area contributed by atoms with Gasteiger partial charge in [-0.1, -0.05) is 0 Å². The minimum absolute atomic E-state index is 0.261. The van der Waals surface area contributed by atoms with E-state index >= 15 is 0 Å². The van der Waals surface area contributed by atoms with Gasteiger partial charge in [-0.15, -0.1) is 6.08 Å². The minimum atomic E-state index is 0.261. The van der Waals surface area contributed by atoms with Gasteiger partial charge >= 0.3 is 122 Å². The second-order valence-electron chi connectivity index (χ2n) is 5.11. The predicted molar refractivity (Wildman–Crippen MR) is 97.2 cm³/mol. The van der Waals surface area contributed by atoms with Crippen LogP contribution in [0.4, 0.5) is 0 Å². The van der Waals surface area contributed by atoms with Crippen LogP contribution >= 0.6 is 0 Å². The molecule has 0 atom stereocenters. The molecule has 0 saturated heterocycles. The number of allylic oxidation sites excluding steroid dienone is 6. The van der Waals surface area contributed by atoms with Crippen molar-refractivity contribution in [3.8, 4) is 0 Å². The van der Waals surface area contributed by atoms with Gasteiger partial charge in [0, 0.05) is 0 Å². The summed E-state index contributed by atoms with van der Waals surface area (Å²) in [7, 11) is 0. The summed E-state index contributed by atoms with van der Waals surface area (Å²) in [6, 6.07) is 3.84. The summed E-state index contributed by atoms with van der Waals surface area (Å²) < 4.78 is 1.94. The van der Waals surface area contributed by atoms with Crippen LogP contribution in [0.25, 0.3) is 17.9 Å². The predicted octanol–water partition coefficient (Wildman–Crippen LogP) is 3.99. The summed E-state index contributed by atoms with van der Waals surface area (Å²) in [5.41, 5.74) is 13.1. The third-order valence-corrected chi connectivity index (χ3v) is 3.95. The standard InChI is InChI=1S/C19H14N4.Pt/c1-3-14(20)10-15-6-7-18(22-15)12-19-9-8-17(23-19)11-16-5-4-13(2)21-16;/h1-12,20,22H;/q-2;. The molecule has 1 aromatic rings. The van der Waals surface area contributed by atoms with E-state index in [0.717, 1.165) is 34.2 Å². The molecule has 0 unspecified atom stereocenters. The van der Waals surface area contributed by atoms with Crippen LogP contribution < -0.4 is 0 Å². The summed E-state index contributed by atoms with van der Waals surface area (Å²) in [6.45, 7) is 5.30. The average molecular weight is 493 g/mol. The average Bonchev–Trinajstić information content (AvgIpc) is 3.30. The first-order valence-corrected chi connectivity index (χ1v) is 8.51. The van der Waals surface area contributed by atoms with Crippen molar-refractivity contribution in [2.75, 3.05) is 0 Å². The van der Waals surface area contributed by atoms with Crippen molar-refractivity contribution in [3.63, 3.8) is 0 Å². The molecule has 0 fully saturated rings. The molecule has 5 heteroatoms. The van der Waals surface area contributed by atoms with E-state index in [4.69, 9.17) is 12.3 Å². The molecule has 0 aliphatic carbocycles. The fourth-order valence-electron chi connectivity index (χ4n) is 2.21. The third kappa shape index (κ3) is 4.03. The molecule has 2 N–H and O–H groups in total. The Balaban J connectivity index is 1.76. The van der Waals surface area contributed by atoms with Gasteiger partial charge in [0.25, 0.3) is 0 Å². The van der Waals surface area contributed by atoms with Gasteiger partial charge in [-0.25, -0.2) is 0 Å². The zero-order valence-electron chi connectivity index (χ0n) is 12.6. The number of nitrogens with zero attached hydrogens (tertiary/aromatic N) is 2. The summed E-state index contributed by atoms with van der Waals surface area (Å²) in [4.78, 5) is 12.2. The molecule has 4 nitrogen and oxygen atoms in total. The van der Waals surface area contributed by atoms with Gasteiger partial charge in [0.05, 0.1) is 0 Å². The zero-order valence-corrected chi connectivity index (χ0v) is 14.9. The van der Waals surface area contributed by atoms with Crippen molar-refractivity contribution in [2.24, 2.45) is 9.98 Å². The van der Waals surface area contributed by atoms with Crippen molar-refractivity contribution >= 4 is 28.0 Å². The van der Waals surface area contributed by atoms with Gasteiger partial charge in [-0.3, -0.25) is 12.7 Å². The molecule has 0 radical (unpaired) electrons. The Hall–Kier alpha value is -2.58. The Kier molecular flexibility index (Phi) is 4.97. The van der Waals surface area contributed by atoms with Crippen LogP contribution in [0.3, 0.4) is 0 Å². The van der Waals surface area contributed by atoms with E-state index < -0.39 is 0 Å². The summed E-state index contributed by atoms with van der Waals surface area (Å²) in [5, 5.41) is 0. The molecule has 0 bridgehead atoms. The maximum atomic E-state index is 7.54. The summed E-state index contributed by atoms with van der Waals surface area (Å²) in [6.07, 6.45) is 14.7. The van der Waals surface area contributed by atoms with Gasteiger partial charge in [0.15, 0.2) is 0 Å². The van der Waals surface area contributed by atoms with Crippen molar-refractivity contribution in [1.29, 1.82) is 0 Å². The maximum absolute atomic E-state index is 7.54. The molecule has 3 heterocycles. The number of hydrogen-bond donors (Lipinski definition) is 1. The van der Waals surface area contributed by atoms with E-state index in [1.54, 1.807) is 6.08 Å². The molecule has 2 aliphatic heterocycles. The molecular weight excluding hydrogens is 479 g/mol. The van der Waals surface area contributed by atoms with Gasteiger partial charge in [-0.2, -0.15) is 0 Å². The third-order valence-electron chi connectivity index (χ3n) is 3.28. The van der Waals surface area contributed by atoms with E-state index in [1.807, 2.05) is 53.0 Å². The zero-order chi connectivity index (χ0) is 16.9. The molecule has 1 aromatic heterocycles. The Bertz CT molecular complexity index is 902. The van der Waals surface area contributed by atoms with Crippen LogP contribution in [0, 0.1) is 6.58 Å². The fraction of sp³-hybridized carbons (Fsp3) is 0. The van der Waals surface area contributed by atoms with Crippen LogP contribution in [0.5, 0.6) is 0 Å². The fourth-order valence-corrected chi connectivity index (χ4v) is 2.57. The number of hydrogen-bond acceptors (Lipinski definition) is 2. The number of aromatic nitrogens is 1. The SMILES string of the molecule is [CH-]=CC([NH-])=Cc1ccc(C=C2C=CC(C=C3C=CC([CH]=[Pt])=N3)=N2)[nH]1. The molecule has 24 heavy (non-hydrogen) atoms. The van der Waals surface area contributed by atoms with Crippen LogP contribution in [-0.4, -0.2) is 20.8 Å². The molecule has 122 valence electrons. The topological polar surface area (TPSA) is 64.3 Å². The van der Waals surface area contributed by atoms with Gasteiger partial charge in [0.2, 0.25) is 0 Å². The molecule has 3 rings (SSSR count). The van der Waals surface area contributed by atoms with Crippen molar-refractivity contribution in [3.05, 3.63) is 89.4 Å². The first-order chi connectivity index (χ1) is 11.7. The summed E-state index contributed by atoms with van der Waals surface area (Å²) in [5.74, 6) is 0. The second-order valence-corrected chi connectivity index (χ2v) is 5.76. The van der Waals surface area contributed by atoms with Crippen LogP contribution in [0.1, 0.15) is 11.4 Å². The summed E-state index contributed by atoms with van der Waals surface area (Å²) >= 11 is 2.16. The van der Waals surface area contributed by atoms with E-state index in [9.17, 15) is 0 Å². The first kappa shape index (κ1) is 16.3. The van der Waals surface area contributed by atoms with Crippen molar-refractivity contribution in [2.45, 2.75) is 0 Å². The van der Waals surface area contributed by atoms with E-state index in [2.05, 4.69) is 34.3 Å². The van der Waals surface area contributed by atoms with E-state index in [1.165, 1.54) is 6.08 Å². The number of H-pyrrole nitrogens is 1. The van der Waals surface area contributed by atoms with Gasteiger partial charge < -0.3 is 11.4 Å². The van der Waals surface area contributed by atoms with Crippen molar-refractivity contribution in [1.82, 2.24) is 4.98 Å². The molecular formula is C19H14N4Pt-2. The first-order valence-electron chi connectivity index (χ1n) is 7.20. The van der Waals surface area contributed by atoms with Crippen LogP contribution in [-0.2, 0) is 19.4 Å². The van der Waals surface area contributed by atoms with Crippen LogP contribution in [0.2, 0.25) is 0 Å². The molecule has 0 aromatic carbocycles. The van der Waals surface area contributed by atoms with Gasteiger partial charge in [0.1, 0.15) is 0 Å². The number of aliphatic imine (C=N–C) groups is 2. The molecule has 0 amide bonds. The molecule has 0 saturated carbocycles. The Morgan fingerprint density at radius 2 is 1.67 bits per heavy atom. The van der Waals surface area contributed by atoms with Crippen molar-refractivity contribution < 1.29 is 19.4 Å². The Labute approximate surface area is 151 Å². The number of aromatic amines is 1. The van der Waals surface area contributed by atoms with E-state index in [0.29, 0.717) is 0 Å².